The summed E-state index contributed by atoms with van der Waals surface area (Å²) in [4.78, 5) is 14.5. The van der Waals surface area contributed by atoms with Crippen LogP contribution in [0.5, 0.6) is 0 Å². The van der Waals surface area contributed by atoms with E-state index in [0.717, 1.165) is 37.0 Å². The van der Waals surface area contributed by atoms with Crippen LogP contribution in [-0.2, 0) is 6.42 Å². The molecule has 1 aromatic heterocycles. The lowest BCUT2D eigenvalue weighted by Crippen LogP contribution is -2.29. The minimum Gasteiger partial charge on any atom is -0.341 e. The zero-order valence-corrected chi connectivity index (χ0v) is 14.7. The fraction of sp³-hybridized carbons (Fsp3) is 0.500. The second kappa shape index (κ2) is 6.42. The average molecular weight is 322 g/mol. The van der Waals surface area contributed by atoms with Crippen molar-refractivity contribution < 1.29 is 0 Å². The van der Waals surface area contributed by atoms with Crippen molar-refractivity contribution in [2.75, 3.05) is 22.9 Å². The lowest BCUT2D eigenvalue weighted by atomic mass is 10.1. The number of aromatic nitrogens is 2. The van der Waals surface area contributed by atoms with Crippen molar-refractivity contribution in [1.82, 2.24) is 9.97 Å². The standard InChI is InChI=1S/C20H26N4/c1-15-13-19(22-20(21-15)23-11-7-3-4-8-12-23)24-16(2)14-17-9-5-6-10-18(17)24/h5-6,9-10,13,16H,3-4,7-8,11-12,14H2,1-2H3. The topological polar surface area (TPSA) is 32.3 Å². The highest BCUT2D eigenvalue weighted by Gasteiger charge is 2.28. The number of anilines is 3. The molecule has 1 aromatic carbocycles. The van der Waals surface area contributed by atoms with Gasteiger partial charge >= 0.3 is 0 Å². The van der Waals surface area contributed by atoms with Crippen molar-refractivity contribution in [2.45, 2.75) is 52.0 Å². The molecule has 0 N–H and O–H groups in total. The molecular weight excluding hydrogens is 296 g/mol. The van der Waals surface area contributed by atoms with Gasteiger partial charge in [0.25, 0.3) is 0 Å². The average Bonchev–Trinajstić information content (AvgIpc) is 2.74. The molecule has 0 bridgehead atoms. The number of fused-ring (bicyclic) bond motifs is 1. The Labute approximate surface area is 144 Å². The summed E-state index contributed by atoms with van der Waals surface area (Å²) in [6.07, 6.45) is 6.22. The van der Waals surface area contributed by atoms with Crippen LogP contribution in [0, 0.1) is 6.92 Å². The second-order valence-electron chi connectivity index (χ2n) is 7.12. The zero-order chi connectivity index (χ0) is 16.5. The van der Waals surface area contributed by atoms with Gasteiger partial charge in [-0.15, -0.1) is 0 Å². The van der Waals surface area contributed by atoms with Crippen molar-refractivity contribution in [2.24, 2.45) is 0 Å². The van der Waals surface area contributed by atoms with Crippen molar-refractivity contribution in [1.29, 1.82) is 0 Å². The number of hydrogen-bond donors (Lipinski definition) is 0. The quantitative estimate of drug-likeness (QED) is 0.827. The molecule has 0 saturated carbocycles. The molecule has 0 radical (unpaired) electrons. The van der Waals surface area contributed by atoms with E-state index in [1.807, 2.05) is 0 Å². The van der Waals surface area contributed by atoms with Gasteiger partial charge in [0.2, 0.25) is 5.95 Å². The van der Waals surface area contributed by atoms with Crippen LogP contribution < -0.4 is 9.80 Å². The van der Waals surface area contributed by atoms with Crippen molar-refractivity contribution in [3.63, 3.8) is 0 Å². The molecule has 2 aliphatic rings. The monoisotopic (exact) mass is 322 g/mol. The van der Waals surface area contributed by atoms with Crippen molar-refractivity contribution in [3.8, 4) is 0 Å². The van der Waals surface area contributed by atoms with E-state index in [0.29, 0.717) is 6.04 Å². The van der Waals surface area contributed by atoms with E-state index < -0.39 is 0 Å². The van der Waals surface area contributed by atoms with Gasteiger partial charge in [0.1, 0.15) is 5.82 Å². The first-order chi connectivity index (χ1) is 11.7. The first kappa shape index (κ1) is 15.4. The molecule has 1 saturated heterocycles. The van der Waals surface area contributed by atoms with Crippen LogP contribution in [0.1, 0.15) is 43.9 Å². The first-order valence-corrected chi connectivity index (χ1v) is 9.20. The number of para-hydroxylation sites is 1. The van der Waals surface area contributed by atoms with E-state index in [-0.39, 0.29) is 0 Å². The SMILES string of the molecule is Cc1cc(N2c3ccccc3CC2C)nc(N2CCCCCC2)n1. The van der Waals surface area contributed by atoms with Crippen LogP contribution in [-0.4, -0.2) is 29.1 Å². The molecule has 4 nitrogen and oxygen atoms in total. The van der Waals surface area contributed by atoms with Crippen LogP contribution in [0.4, 0.5) is 17.5 Å². The lowest BCUT2D eigenvalue weighted by molar-refractivity contribution is 0.726. The molecular formula is C20H26N4. The van der Waals surface area contributed by atoms with Crippen LogP contribution >= 0.6 is 0 Å². The Hall–Kier alpha value is -2.10. The normalized spacial score (nSPS) is 20.8. The maximum absolute atomic E-state index is 4.97. The molecule has 24 heavy (non-hydrogen) atoms. The van der Waals surface area contributed by atoms with E-state index in [2.05, 4.69) is 54.0 Å². The molecule has 4 rings (SSSR count). The minimum atomic E-state index is 0.439. The number of rotatable bonds is 2. The predicted molar refractivity (Wildman–Crippen MR) is 99.2 cm³/mol. The summed E-state index contributed by atoms with van der Waals surface area (Å²) >= 11 is 0. The number of hydrogen-bond acceptors (Lipinski definition) is 4. The van der Waals surface area contributed by atoms with Gasteiger partial charge in [0.05, 0.1) is 0 Å². The minimum absolute atomic E-state index is 0.439. The summed E-state index contributed by atoms with van der Waals surface area (Å²) in [5.41, 5.74) is 3.76. The van der Waals surface area contributed by atoms with Crippen molar-refractivity contribution >= 4 is 17.5 Å². The van der Waals surface area contributed by atoms with E-state index in [1.165, 1.54) is 36.9 Å². The molecule has 3 heterocycles. The Kier molecular flexibility index (Phi) is 4.13. The Balaban J connectivity index is 1.71. The summed E-state index contributed by atoms with van der Waals surface area (Å²) in [5.74, 6) is 1.95. The molecule has 2 aliphatic heterocycles. The number of nitrogens with zero attached hydrogens (tertiary/aromatic N) is 4. The summed E-state index contributed by atoms with van der Waals surface area (Å²) in [6, 6.07) is 11.3. The first-order valence-electron chi connectivity index (χ1n) is 9.20. The van der Waals surface area contributed by atoms with Gasteiger partial charge in [-0.05, 0) is 44.7 Å². The highest BCUT2D eigenvalue weighted by atomic mass is 15.3. The van der Waals surface area contributed by atoms with Gasteiger partial charge in [-0.3, -0.25) is 0 Å². The largest absolute Gasteiger partial charge is 0.341 e. The highest BCUT2D eigenvalue weighted by molar-refractivity contribution is 5.69. The molecule has 4 heteroatoms. The molecule has 1 fully saturated rings. The van der Waals surface area contributed by atoms with Crippen LogP contribution in [0.3, 0.4) is 0 Å². The van der Waals surface area contributed by atoms with E-state index in [9.17, 15) is 0 Å². The predicted octanol–water partition coefficient (Wildman–Crippen LogP) is 4.25. The summed E-state index contributed by atoms with van der Waals surface area (Å²) in [7, 11) is 0. The maximum atomic E-state index is 4.97. The van der Waals surface area contributed by atoms with E-state index in [4.69, 9.17) is 9.97 Å². The fourth-order valence-corrected chi connectivity index (χ4v) is 3.99. The van der Waals surface area contributed by atoms with Gasteiger partial charge in [0, 0.05) is 36.6 Å². The fourth-order valence-electron chi connectivity index (χ4n) is 3.99. The maximum Gasteiger partial charge on any atom is 0.227 e. The smallest absolute Gasteiger partial charge is 0.227 e. The molecule has 2 aromatic rings. The van der Waals surface area contributed by atoms with Gasteiger partial charge < -0.3 is 9.80 Å². The number of benzene rings is 1. The van der Waals surface area contributed by atoms with Crippen LogP contribution in [0.15, 0.2) is 30.3 Å². The van der Waals surface area contributed by atoms with Gasteiger partial charge in [0.15, 0.2) is 0 Å². The summed E-state index contributed by atoms with van der Waals surface area (Å²) in [5, 5.41) is 0. The van der Waals surface area contributed by atoms with Gasteiger partial charge in [-0.1, -0.05) is 31.0 Å². The second-order valence-corrected chi connectivity index (χ2v) is 7.12. The zero-order valence-electron chi connectivity index (χ0n) is 14.7. The molecule has 126 valence electrons. The van der Waals surface area contributed by atoms with E-state index >= 15 is 0 Å². The third kappa shape index (κ3) is 2.85. The summed E-state index contributed by atoms with van der Waals surface area (Å²) < 4.78 is 0. The molecule has 0 amide bonds. The third-order valence-corrected chi connectivity index (χ3v) is 5.17. The Bertz CT molecular complexity index is 719. The Morgan fingerprint density at radius 3 is 2.54 bits per heavy atom. The van der Waals surface area contributed by atoms with Crippen LogP contribution in [0.25, 0.3) is 0 Å². The number of aryl methyl sites for hydroxylation is 1. The lowest BCUT2D eigenvalue weighted by Gasteiger charge is -2.27. The van der Waals surface area contributed by atoms with E-state index in [1.54, 1.807) is 0 Å². The molecule has 0 spiro atoms. The van der Waals surface area contributed by atoms with Crippen LogP contribution in [0.2, 0.25) is 0 Å². The third-order valence-electron chi connectivity index (χ3n) is 5.17. The molecule has 0 aliphatic carbocycles. The highest BCUT2D eigenvalue weighted by Crippen LogP contribution is 2.37. The summed E-state index contributed by atoms with van der Waals surface area (Å²) in [6.45, 7) is 6.52. The Morgan fingerprint density at radius 2 is 1.75 bits per heavy atom. The molecule has 1 atom stereocenters. The van der Waals surface area contributed by atoms with Crippen molar-refractivity contribution in [3.05, 3.63) is 41.6 Å². The Morgan fingerprint density at radius 1 is 1.00 bits per heavy atom. The molecule has 1 unspecified atom stereocenters. The van der Waals surface area contributed by atoms with Gasteiger partial charge in [-0.2, -0.15) is 4.98 Å². The van der Waals surface area contributed by atoms with Gasteiger partial charge in [-0.25, -0.2) is 4.98 Å².